The second-order valence-electron chi connectivity index (χ2n) is 3.93. The highest BCUT2D eigenvalue weighted by Crippen LogP contribution is 2.37. The summed E-state index contributed by atoms with van der Waals surface area (Å²) < 4.78 is 11.0. The predicted molar refractivity (Wildman–Crippen MR) is 63.1 cm³/mol. The van der Waals surface area contributed by atoms with Crippen molar-refractivity contribution in [3.63, 3.8) is 0 Å². The molecule has 0 fully saturated rings. The van der Waals surface area contributed by atoms with Crippen LogP contribution in [-0.4, -0.2) is 24.3 Å². The number of benzene rings is 1. The van der Waals surface area contributed by atoms with Crippen LogP contribution < -0.4 is 9.47 Å². The minimum atomic E-state index is -0.915. The molecule has 5 heteroatoms. The fourth-order valence-electron chi connectivity index (χ4n) is 1.66. The first-order valence-electron chi connectivity index (χ1n) is 5.41. The van der Waals surface area contributed by atoms with Crippen LogP contribution in [0.5, 0.6) is 11.5 Å². The fourth-order valence-corrected chi connectivity index (χ4v) is 1.98. The van der Waals surface area contributed by atoms with E-state index in [1.54, 1.807) is 19.1 Å². The first-order valence-corrected chi connectivity index (χ1v) is 5.79. The Kier molecular flexibility index (Phi) is 3.43. The molecular formula is C12H13ClO4. The van der Waals surface area contributed by atoms with Gasteiger partial charge in [-0.05, 0) is 18.6 Å². The Balaban J connectivity index is 2.42. The van der Waals surface area contributed by atoms with E-state index in [0.29, 0.717) is 35.3 Å². The van der Waals surface area contributed by atoms with Crippen molar-refractivity contribution in [3.8, 4) is 11.5 Å². The molecule has 17 heavy (non-hydrogen) atoms. The van der Waals surface area contributed by atoms with Gasteiger partial charge in [-0.1, -0.05) is 11.6 Å². The maximum absolute atomic E-state index is 11.0. The molecule has 1 aromatic carbocycles. The molecule has 0 radical (unpaired) electrons. The van der Waals surface area contributed by atoms with Crippen molar-refractivity contribution in [2.24, 2.45) is 0 Å². The monoisotopic (exact) mass is 256 g/mol. The molecule has 1 N–H and O–H groups in total. The van der Waals surface area contributed by atoms with E-state index in [2.05, 4.69) is 0 Å². The summed E-state index contributed by atoms with van der Waals surface area (Å²) in [4.78, 5) is 11.0. The summed E-state index contributed by atoms with van der Waals surface area (Å²) in [5.74, 6) is -0.440. The summed E-state index contributed by atoms with van der Waals surface area (Å²) in [5.41, 5.74) is 0.545. The number of fused-ring (bicyclic) bond motifs is 1. The molecule has 0 amide bonds. The van der Waals surface area contributed by atoms with E-state index in [1.165, 1.54) is 0 Å². The minimum Gasteiger partial charge on any atom is -0.490 e. The van der Waals surface area contributed by atoms with Crippen LogP contribution in [0.3, 0.4) is 0 Å². The van der Waals surface area contributed by atoms with Gasteiger partial charge in [0.05, 0.1) is 19.1 Å². The summed E-state index contributed by atoms with van der Waals surface area (Å²) in [6, 6.07) is 3.28. The molecule has 1 aromatic rings. The lowest BCUT2D eigenvalue weighted by molar-refractivity contribution is -0.138. The van der Waals surface area contributed by atoms with Gasteiger partial charge in [0, 0.05) is 17.5 Å². The number of ether oxygens (including phenoxy) is 2. The molecule has 1 aliphatic heterocycles. The second kappa shape index (κ2) is 4.84. The number of aliphatic carboxylic acids is 1. The highest BCUT2D eigenvalue weighted by atomic mass is 35.5. The van der Waals surface area contributed by atoms with Gasteiger partial charge in [-0.2, -0.15) is 0 Å². The van der Waals surface area contributed by atoms with Gasteiger partial charge in [-0.3, -0.25) is 4.79 Å². The van der Waals surface area contributed by atoms with Gasteiger partial charge in [0.1, 0.15) is 0 Å². The van der Waals surface area contributed by atoms with Crippen LogP contribution in [0.1, 0.15) is 24.8 Å². The lowest BCUT2D eigenvalue weighted by Crippen LogP contribution is -2.08. The van der Waals surface area contributed by atoms with E-state index in [-0.39, 0.29) is 0 Å². The first-order chi connectivity index (χ1) is 8.09. The van der Waals surface area contributed by atoms with Crippen LogP contribution >= 0.6 is 11.6 Å². The number of hydrogen-bond acceptors (Lipinski definition) is 3. The molecule has 0 aliphatic carbocycles. The molecule has 1 unspecified atom stereocenters. The van der Waals surface area contributed by atoms with E-state index >= 15 is 0 Å². The normalized spacial score (nSPS) is 16.1. The lowest BCUT2D eigenvalue weighted by atomic mass is 10.0. The number of carboxylic acids is 1. The average molecular weight is 257 g/mol. The summed E-state index contributed by atoms with van der Waals surface area (Å²) in [5, 5.41) is 9.38. The van der Waals surface area contributed by atoms with Crippen molar-refractivity contribution in [2.45, 2.75) is 19.3 Å². The van der Waals surface area contributed by atoms with Crippen LogP contribution in [-0.2, 0) is 4.79 Å². The number of carbonyl (C=O) groups is 1. The van der Waals surface area contributed by atoms with Crippen molar-refractivity contribution in [1.82, 2.24) is 0 Å². The van der Waals surface area contributed by atoms with Crippen molar-refractivity contribution in [1.29, 1.82) is 0 Å². The third kappa shape index (κ3) is 2.47. The zero-order valence-corrected chi connectivity index (χ0v) is 10.2. The molecule has 0 saturated heterocycles. The van der Waals surface area contributed by atoms with E-state index in [1.807, 2.05) is 0 Å². The Labute approximate surface area is 104 Å². The van der Waals surface area contributed by atoms with Gasteiger partial charge >= 0.3 is 5.97 Å². The Bertz CT molecular complexity index is 444. The molecule has 2 rings (SSSR count). The maximum atomic E-state index is 11.0. The maximum Gasteiger partial charge on any atom is 0.310 e. The van der Waals surface area contributed by atoms with Crippen molar-refractivity contribution in [2.75, 3.05) is 13.2 Å². The van der Waals surface area contributed by atoms with Gasteiger partial charge in [0.25, 0.3) is 0 Å². The standard InChI is InChI=1S/C12H13ClO4/c1-7(12(14)15)8-5-10-11(6-9(8)13)17-4-2-3-16-10/h5-7H,2-4H2,1H3,(H,14,15). The predicted octanol–water partition coefficient (Wildman–Crippen LogP) is 2.69. The molecule has 0 saturated carbocycles. The fraction of sp³-hybridized carbons (Fsp3) is 0.417. The van der Waals surface area contributed by atoms with Crippen molar-refractivity contribution >= 4 is 17.6 Å². The SMILES string of the molecule is CC(C(=O)O)c1cc2c(cc1Cl)OCCCO2. The summed E-state index contributed by atoms with van der Waals surface area (Å²) in [6.07, 6.45) is 0.802. The molecule has 1 atom stereocenters. The largest absolute Gasteiger partial charge is 0.490 e. The van der Waals surface area contributed by atoms with Crippen molar-refractivity contribution in [3.05, 3.63) is 22.7 Å². The third-order valence-electron chi connectivity index (χ3n) is 2.70. The zero-order valence-electron chi connectivity index (χ0n) is 9.40. The quantitative estimate of drug-likeness (QED) is 0.884. The van der Waals surface area contributed by atoms with E-state index < -0.39 is 11.9 Å². The molecule has 0 bridgehead atoms. The van der Waals surface area contributed by atoms with Gasteiger partial charge in [0.15, 0.2) is 11.5 Å². The highest BCUT2D eigenvalue weighted by Gasteiger charge is 2.21. The van der Waals surface area contributed by atoms with Crippen LogP contribution in [0.25, 0.3) is 0 Å². The topological polar surface area (TPSA) is 55.8 Å². The second-order valence-corrected chi connectivity index (χ2v) is 4.34. The van der Waals surface area contributed by atoms with E-state index in [9.17, 15) is 4.79 Å². The Morgan fingerprint density at radius 1 is 1.35 bits per heavy atom. The summed E-state index contributed by atoms with van der Waals surface area (Å²) >= 11 is 6.05. The van der Waals surface area contributed by atoms with Crippen LogP contribution in [0.4, 0.5) is 0 Å². The van der Waals surface area contributed by atoms with Gasteiger partial charge < -0.3 is 14.6 Å². The number of carboxylic acid groups (broad SMARTS) is 1. The third-order valence-corrected chi connectivity index (χ3v) is 3.03. The Morgan fingerprint density at radius 3 is 2.53 bits per heavy atom. The first kappa shape index (κ1) is 12.0. The minimum absolute atomic E-state index is 0.393. The van der Waals surface area contributed by atoms with E-state index in [4.69, 9.17) is 26.2 Å². The van der Waals surface area contributed by atoms with Gasteiger partial charge in [-0.15, -0.1) is 0 Å². The van der Waals surface area contributed by atoms with Crippen molar-refractivity contribution < 1.29 is 19.4 Å². The highest BCUT2D eigenvalue weighted by molar-refractivity contribution is 6.31. The molecule has 0 spiro atoms. The molecule has 1 heterocycles. The smallest absolute Gasteiger partial charge is 0.310 e. The van der Waals surface area contributed by atoms with Crippen LogP contribution in [0.2, 0.25) is 5.02 Å². The number of rotatable bonds is 2. The lowest BCUT2D eigenvalue weighted by Gasteiger charge is -2.13. The molecule has 92 valence electrons. The van der Waals surface area contributed by atoms with E-state index in [0.717, 1.165) is 6.42 Å². The Hall–Kier alpha value is -1.42. The Morgan fingerprint density at radius 2 is 1.94 bits per heavy atom. The van der Waals surface area contributed by atoms with Gasteiger partial charge in [-0.25, -0.2) is 0 Å². The average Bonchev–Trinajstić information content (AvgIpc) is 2.51. The number of halogens is 1. The number of hydrogen-bond donors (Lipinski definition) is 1. The molecular weight excluding hydrogens is 244 g/mol. The van der Waals surface area contributed by atoms with Crippen LogP contribution in [0, 0.1) is 0 Å². The molecule has 0 aromatic heterocycles. The summed E-state index contributed by atoms with van der Waals surface area (Å²) in [7, 11) is 0. The molecule has 1 aliphatic rings. The molecule has 4 nitrogen and oxygen atoms in total. The zero-order chi connectivity index (χ0) is 12.4. The van der Waals surface area contributed by atoms with Crippen LogP contribution in [0.15, 0.2) is 12.1 Å². The van der Waals surface area contributed by atoms with Gasteiger partial charge in [0.2, 0.25) is 0 Å². The summed E-state index contributed by atoms with van der Waals surface area (Å²) in [6.45, 7) is 2.74.